The maximum atomic E-state index is 9.38. The summed E-state index contributed by atoms with van der Waals surface area (Å²) in [6, 6.07) is 4.55. The molecule has 1 N–H and O–H groups in total. The van der Waals surface area contributed by atoms with Crippen LogP contribution in [-0.2, 0) is 0 Å². The summed E-state index contributed by atoms with van der Waals surface area (Å²) in [5, 5.41) is 9.38. The van der Waals surface area contributed by atoms with Gasteiger partial charge in [-0.25, -0.2) is 4.98 Å². The monoisotopic (exact) mass is 206 g/mol. The molecule has 2 rings (SSSR count). The van der Waals surface area contributed by atoms with Crippen LogP contribution in [0.3, 0.4) is 0 Å². The van der Waals surface area contributed by atoms with Crippen molar-refractivity contribution in [2.45, 2.75) is 38.8 Å². The largest absolute Gasteiger partial charge is 0.389 e. The van der Waals surface area contributed by atoms with E-state index in [1.807, 2.05) is 12.1 Å². The molecular formula is C12H18N2O. The molecule has 0 saturated carbocycles. The van der Waals surface area contributed by atoms with Crippen molar-refractivity contribution in [1.82, 2.24) is 4.98 Å². The lowest BCUT2D eigenvalue weighted by Crippen LogP contribution is -2.27. The quantitative estimate of drug-likeness (QED) is 0.805. The highest BCUT2D eigenvalue weighted by Crippen LogP contribution is 2.24. The highest BCUT2D eigenvalue weighted by Gasteiger charge is 2.21. The number of hydrogen-bond acceptors (Lipinski definition) is 3. The Balaban J connectivity index is 2.16. The zero-order valence-corrected chi connectivity index (χ0v) is 9.35. The Morgan fingerprint density at radius 2 is 2.33 bits per heavy atom. The summed E-state index contributed by atoms with van der Waals surface area (Å²) >= 11 is 0. The van der Waals surface area contributed by atoms with Crippen molar-refractivity contribution in [2.75, 3.05) is 11.4 Å². The Bertz CT molecular complexity index is 321. The first-order valence-corrected chi connectivity index (χ1v) is 5.59. The van der Waals surface area contributed by atoms with E-state index < -0.39 is 6.10 Å². The average Bonchev–Trinajstić information content (AvgIpc) is 2.65. The van der Waals surface area contributed by atoms with Gasteiger partial charge in [0.25, 0.3) is 0 Å². The molecular weight excluding hydrogens is 188 g/mol. The molecule has 0 spiro atoms. The van der Waals surface area contributed by atoms with Gasteiger partial charge in [0.1, 0.15) is 5.82 Å². The van der Waals surface area contributed by atoms with Gasteiger partial charge in [0.05, 0.1) is 6.10 Å². The Labute approximate surface area is 90.8 Å². The number of anilines is 1. The van der Waals surface area contributed by atoms with Gasteiger partial charge in [-0.3, -0.25) is 0 Å². The van der Waals surface area contributed by atoms with E-state index in [1.165, 1.54) is 12.8 Å². The molecule has 3 nitrogen and oxygen atoms in total. The smallest absolute Gasteiger partial charge is 0.128 e. The average molecular weight is 206 g/mol. The number of pyridine rings is 1. The third-order valence-corrected chi connectivity index (χ3v) is 3.10. The van der Waals surface area contributed by atoms with Gasteiger partial charge in [-0.1, -0.05) is 6.07 Å². The standard InChI is InChI=1S/C12H18N2O/c1-9-4-3-7-14(9)12-6-5-11(8-13-12)10(2)15/h5-6,8-10,15H,3-4,7H2,1-2H3/t9?,10-/m0/s1. The van der Waals surface area contributed by atoms with Gasteiger partial charge in [0.2, 0.25) is 0 Å². The lowest BCUT2D eigenvalue weighted by molar-refractivity contribution is 0.199. The summed E-state index contributed by atoms with van der Waals surface area (Å²) in [5.74, 6) is 1.03. The van der Waals surface area contributed by atoms with Gasteiger partial charge in [0.15, 0.2) is 0 Å². The molecule has 0 aliphatic carbocycles. The predicted molar refractivity (Wildman–Crippen MR) is 60.9 cm³/mol. The maximum absolute atomic E-state index is 9.38. The molecule has 0 aromatic carbocycles. The normalized spacial score (nSPS) is 23.1. The Hall–Kier alpha value is -1.09. The number of aliphatic hydroxyl groups excluding tert-OH is 1. The highest BCUT2D eigenvalue weighted by atomic mass is 16.3. The second-order valence-electron chi connectivity index (χ2n) is 4.31. The summed E-state index contributed by atoms with van der Waals surface area (Å²) in [6.07, 6.45) is 3.84. The topological polar surface area (TPSA) is 36.4 Å². The number of nitrogens with zero attached hydrogens (tertiary/aromatic N) is 2. The van der Waals surface area contributed by atoms with E-state index in [2.05, 4.69) is 16.8 Å². The van der Waals surface area contributed by atoms with Crippen LogP contribution >= 0.6 is 0 Å². The number of aliphatic hydroxyl groups is 1. The molecule has 0 amide bonds. The first-order chi connectivity index (χ1) is 7.18. The molecule has 2 atom stereocenters. The van der Waals surface area contributed by atoms with Crippen molar-refractivity contribution in [3.63, 3.8) is 0 Å². The fraction of sp³-hybridized carbons (Fsp3) is 0.583. The van der Waals surface area contributed by atoms with Crippen molar-refractivity contribution in [3.05, 3.63) is 23.9 Å². The number of rotatable bonds is 2. The Morgan fingerprint density at radius 1 is 1.53 bits per heavy atom. The molecule has 82 valence electrons. The third-order valence-electron chi connectivity index (χ3n) is 3.10. The second-order valence-corrected chi connectivity index (χ2v) is 4.31. The van der Waals surface area contributed by atoms with Crippen molar-refractivity contribution in [3.8, 4) is 0 Å². The first-order valence-electron chi connectivity index (χ1n) is 5.59. The summed E-state index contributed by atoms with van der Waals surface area (Å²) < 4.78 is 0. The van der Waals surface area contributed by atoms with E-state index in [4.69, 9.17) is 0 Å². The van der Waals surface area contributed by atoms with E-state index >= 15 is 0 Å². The van der Waals surface area contributed by atoms with Crippen LogP contribution in [0, 0.1) is 0 Å². The minimum absolute atomic E-state index is 0.428. The van der Waals surface area contributed by atoms with E-state index in [9.17, 15) is 5.11 Å². The molecule has 1 aromatic heterocycles. The maximum Gasteiger partial charge on any atom is 0.128 e. The van der Waals surface area contributed by atoms with Gasteiger partial charge in [-0.05, 0) is 38.3 Å². The van der Waals surface area contributed by atoms with Crippen LogP contribution in [0.5, 0.6) is 0 Å². The van der Waals surface area contributed by atoms with Crippen LogP contribution in [0.1, 0.15) is 38.4 Å². The molecule has 0 radical (unpaired) electrons. The van der Waals surface area contributed by atoms with Crippen molar-refractivity contribution >= 4 is 5.82 Å². The second kappa shape index (κ2) is 4.19. The fourth-order valence-corrected chi connectivity index (χ4v) is 2.09. The van der Waals surface area contributed by atoms with E-state index in [1.54, 1.807) is 13.1 Å². The lowest BCUT2D eigenvalue weighted by atomic mass is 10.2. The molecule has 15 heavy (non-hydrogen) atoms. The summed E-state index contributed by atoms with van der Waals surface area (Å²) in [7, 11) is 0. The molecule has 1 aromatic rings. The van der Waals surface area contributed by atoms with Crippen LogP contribution in [0.25, 0.3) is 0 Å². The first kappa shape index (κ1) is 10.4. The molecule has 0 bridgehead atoms. The predicted octanol–water partition coefficient (Wildman–Crippen LogP) is 2.12. The Morgan fingerprint density at radius 3 is 2.80 bits per heavy atom. The molecule has 1 aliphatic heterocycles. The van der Waals surface area contributed by atoms with Crippen LogP contribution < -0.4 is 4.90 Å². The fourth-order valence-electron chi connectivity index (χ4n) is 2.09. The van der Waals surface area contributed by atoms with E-state index in [0.717, 1.165) is 17.9 Å². The molecule has 2 heterocycles. The molecule has 1 fully saturated rings. The molecule has 1 aliphatic rings. The minimum atomic E-state index is -0.428. The zero-order chi connectivity index (χ0) is 10.8. The van der Waals surface area contributed by atoms with Crippen LogP contribution in [-0.4, -0.2) is 22.7 Å². The van der Waals surface area contributed by atoms with Gasteiger partial charge >= 0.3 is 0 Å². The van der Waals surface area contributed by atoms with Gasteiger partial charge < -0.3 is 10.0 Å². The van der Waals surface area contributed by atoms with Crippen LogP contribution in [0.15, 0.2) is 18.3 Å². The minimum Gasteiger partial charge on any atom is -0.389 e. The van der Waals surface area contributed by atoms with Gasteiger partial charge in [0, 0.05) is 18.8 Å². The molecule has 1 unspecified atom stereocenters. The van der Waals surface area contributed by atoms with Crippen LogP contribution in [0.2, 0.25) is 0 Å². The summed E-state index contributed by atoms with van der Waals surface area (Å²) in [6.45, 7) is 5.09. The summed E-state index contributed by atoms with van der Waals surface area (Å²) in [5.41, 5.74) is 0.880. The zero-order valence-electron chi connectivity index (χ0n) is 9.35. The van der Waals surface area contributed by atoms with Gasteiger partial charge in [-0.2, -0.15) is 0 Å². The number of hydrogen-bond donors (Lipinski definition) is 1. The van der Waals surface area contributed by atoms with Crippen molar-refractivity contribution in [1.29, 1.82) is 0 Å². The highest BCUT2D eigenvalue weighted by molar-refractivity contribution is 5.41. The van der Waals surface area contributed by atoms with Crippen LogP contribution in [0.4, 0.5) is 5.82 Å². The molecule has 3 heteroatoms. The van der Waals surface area contributed by atoms with E-state index in [0.29, 0.717) is 6.04 Å². The van der Waals surface area contributed by atoms with Crippen molar-refractivity contribution < 1.29 is 5.11 Å². The lowest BCUT2D eigenvalue weighted by Gasteiger charge is -2.22. The van der Waals surface area contributed by atoms with Crippen molar-refractivity contribution in [2.24, 2.45) is 0 Å². The number of aromatic nitrogens is 1. The van der Waals surface area contributed by atoms with Gasteiger partial charge in [-0.15, -0.1) is 0 Å². The third kappa shape index (κ3) is 2.12. The Kier molecular flexibility index (Phi) is 2.91. The SMILES string of the molecule is CC1CCCN1c1ccc([C@H](C)O)cn1. The molecule has 1 saturated heterocycles. The summed E-state index contributed by atoms with van der Waals surface area (Å²) in [4.78, 5) is 6.72. The van der Waals surface area contributed by atoms with E-state index in [-0.39, 0.29) is 0 Å².